The van der Waals surface area contributed by atoms with Gasteiger partial charge in [-0.25, -0.2) is 14.0 Å². The Balaban J connectivity index is 1.06. The van der Waals surface area contributed by atoms with E-state index in [2.05, 4.69) is 62.7 Å². The number of benzene rings is 3. The first-order valence-electron chi connectivity index (χ1n) is 12.9. The topological polar surface area (TPSA) is 67.6 Å². The number of anilines is 1. The van der Waals surface area contributed by atoms with E-state index in [4.69, 9.17) is 4.74 Å². The molecule has 0 saturated carbocycles. The second-order valence-electron chi connectivity index (χ2n) is 9.18. The molecule has 8 nitrogen and oxygen atoms in total. The van der Waals surface area contributed by atoms with E-state index in [0.29, 0.717) is 26.2 Å². The predicted octanol–water partition coefficient (Wildman–Crippen LogP) is 3.02. The monoisotopic (exact) mass is 498 g/mol. The number of para-hydroxylation sites is 2. The van der Waals surface area contributed by atoms with Crippen LogP contribution in [0.1, 0.15) is 5.56 Å². The summed E-state index contributed by atoms with van der Waals surface area (Å²) in [6.07, 6.45) is 1.60. The molecule has 2 heterocycles. The summed E-state index contributed by atoms with van der Waals surface area (Å²) >= 11 is 0. The van der Waals surface area contributed by atoms with Crippen molar-refractivity contribution in [3.8, 4) is 11.4 Å². The van der Waals surface area contributed by atoms with Crippen molar-refractivity contribution in [1.82, 2.24) is 24.6 Å². The highest BCUT2D eigenvalue weighted by Crippen LogP contribution is 2.17. The molecule has 0 bridgehead atoms. The highest BCUT2D eigenvalue weighted by Gasteiger charge is 2.17. The van der Waals surface area contributed by atoms with Crippen LogP contribution >= 0.6 is 0 Å². The maximum atomic E-state index is 12.8. The lowest BCUT2D eigenvalue weighted by Crippen LogP contribution is -2.45. The molecule has 1 saturated heterocycles. The zero-order valence-electron chi connectivity index (χ0n) is 21.1. The molecule has 0 amide bonds. The number of rotatable bonds is 11. The number of hydrogen-bond donors (Lipinski definition) is 1. The Morgan fingerprint density at radius 3 is 2.22 bits per heavy atom. The summed E-state index contributed by atoms with van der Waals surface area (Å²) in [6, 6.07) is 28.6. The molecule has 1 aliphatic rings. The van der Waals surface area contributed by atoms with Gasteiger partial charge in [0.1, 0.15) is 18.7 Å². The average Bonchev–Trinajstić information content (AvgIpc) is 3.32. The molecule has 0 spiro atoms. The van der Waals surface area contributed by atoms with Crippen molar-refractivity contribution in [2.75, 3.05) is 50.8 Å². The number of aromatic nitrogens is 3. The van der Waals surface area contributed by atoms with Crippen LogP contribution in [-0.2, 0) is 13.1 Å². The summed E-state index contributed by atoms with van der Waals surface area (Å²) in [7, 11) is 0. The van der Waals surface area contributed by atoms with Gasteiger partial charge in [0.2, 0.25) is 0 Å². The van der Waals surface area contributed by atoms with Gasteiger partial charge in [0, 0.05) is 51.5 Å². The lowest BCUT2D eigenvalue weighted by Gasteiger charge is -2.36. The van der Waals surface area contributed by atoms with Crippen LogP contribution in [0, 0.1) is 0 Å². The minimum atomic E-state index is -0.132. The van der Waals surface area contributed by atoms with Crippen molar-refractivity contribution in [1.29, 1.82) is 0 Å². The van der Waals surface area contributed by atoms with Gasteiger partial charge < -0.3 is 15.0 Å². The SMILES string of the molecule is O=c1n(-c2ccc(CN3CCN(c4ccccc4)CC3)cc2)cnn1CCNCCOc1ccccc1. The van der Waals surface area contributed by atoms with E-state index in [1.165, 1.54) is 15.9 Å². The lowest BCUT2D eigenvalue weighted by atomic mass is 10.1. The van der Waals surface area contributed by atoms with E-state index in [-0.39, 0.29) is 5.69 Å². The van der Waals surface area contributed by atoms with Gasteiger partial charge in [-0.2, -0.15) is 5.10 Å². The number of hydrogen-bond acceptors (Lipinski definition) is 6. The fourth-order valence-electron chi connectivity index (χ4n) is 4.56. The summed E-state index contributed by atoms with van der Waals surface area (Å²) in [5, 5.41) is 7.59. The van der Waals surface area contributed by atoms with Crippen molar-refractivity contribution < 1.29 is 4.74 Å². The summed E-state index contributed by atoms with van der Waals surface area (Å²) < 4.78 is 8.76. The molecule has 0 atom stereocenters. The smallest absolute Gasteiger partial charge is 0.350 e. The summed E-state index contributed by atoms with van der Waals surface area (Å²) in [5.41, 5.74) is 3.25. The predicted molar refractivity (Wildman–Crippen MR) is 147 cm³/mol. The minimum absolute atomic E-state index is 0.132. The van der Waals surface area contributed by atoms with Gasteiger partial charge in [0.05, 0.1) is 12.2 Å². The van der Waals surface area contributed by atoms with Gasteiger partial charge >= 0.3 is 5.69 Å². The van der Waals surface area contributed by atoms with Gasteiger partial charge in [-0.3, -0.25) is 4.90 Å². The van der Waals surface area contributed by atoms with Crippen molar-refractivity contribution in [2.45, 2.75) is 13.1 Å². The highest BCUT2D eigenvalue weighted by atomic mass is 16.5. The summed E-state index contributed by atoms with van der Waals surface area (Å²) in [6.45, 7) is 7.48. The molecular weight excluding hydrogens is 464 g/mol. The first-order chi connectivity index (χ1) is 18.3. The zero-order valence-corrected chi connectivity index (χ0v) is 21.1. The maximum Gasteiger partial charge on any atom is 0.350 e. The van der Waals surface area contributed by atoms with Crippen molar-refractivity contribution in [3.05, 3.63) is 107 Å². The van der Waals surface area contributed by atoms with Crippen LogP contribution in [0.3, 0.4) is 0 Å². The molecular formula is C29H34N6O2. The quantitative estimate of drug-likeness (QED) is 0.321. The van der Waals surface area contributed by atoms with Crippen molar-refractivity contribution in [2.24, 2.45) is 0 Å². The second kappa shape index (κ2) is 12.4. The summed E-state index contributed by atoms with van der Waals surface area (Å²) in [4.78, 5) is 17.7. The van der Waals surface area contributed by atoms with Gasteiger partial charge in [0.15, 0.2) is 0 Å². The lowest BCUT2D eigenvalue weighted by molar-refractivity contribution is 0.250. The molecule has 1 aliphatic heterocycles. The molecule has 3 aromatic carbocycles. The molecule has 1 fully saturated rings. The molecule has 1 aromatic heterocycles. The van der Waals surface area contributed by atoms with Gasteiger partial charge in [-0.1, -0.05) is 48.5 Å². The maximum absolute atomic E-state index is 12.8. The van der Waals surface area contributed by atoms with E-state index in [0.717, 1.165) is 44.2 Å². The Morgan fingerprint density at radius 1 is 0.784 bits per heavy atom. The molecule has 0 radical (unpaired) electrons. The Bertz CT molecular complexity index is 1280. The van der Waals surface area contributed by atoms with Gasteiger partial charge in [0.25, 0.3) is 0 Å². The minimum Gasteiger partial charge on any atom is -0.492 e. The van der Waals surface area contributed by atoms with Crippen LogP contribution < -0.4 is 20.6 Å². The van der Waals surface area contributed by atoms with Gasteiger partial charge in [-0.15, -0.1) is 0 Å². The number of ether oxygens (including phenoxy) is 1. The van der Waals surface area contributed by atoms with E-state index in [1.54, 1.807) is 10.9 Å². The molecule has 0 unspecified atom stereocenters. The molecule has 5 rings (SSSR count). The second-order valence-corrected chi connectivity index (χ2v) is 9.18. The van der Waals surface area contributed by atoms with E-state index in [9.17, 15) is 4.79 Å². The average molecular weight is 499 g/mol. The first-order valence-corrected chi connectivity index (χ1v) is 12.9. The Labute approximate surface area is 217 Å². The molecule has 192 valence electrons. The van der Waals surface area contributed by atoms with Crippen LogP contribution in [0.5, 0.6) is 5.75 Å². The number of piperazine rings is 1. The van der Waals surface area contributed by atoms with Crippen LogP contribution in [-0.4, -0.2) is 65.1 Å². The summed E-state index contributed by atoms with van der Waals surface area (Å²) in [5.74, 6) is 0.857. The van der Waals surface area contributed by atoms with Crippen LogP contribution in [0.2, 0.25) is 0 Å². The van der Waals surface area contributed by atoms with Crippen molar-refractivity contribution in [3.63, 3.8) is 0 Å². The molecule has 37 heavy (non-hydrogen) atoms. The van der Waals surface area contributed by atoms with E-state index in [1.807, 2.05) is 42.5 Å². The third-order valence-electron chi connectivity index (χ3n) is 6.64. The largest absolute Gasteiger partial charge is 0.492 e. The third-order valence-corrected chi connectivity index (χ3v) is 6.64. The van der Waals surface area contributed by atoms with Gasteiger partial charge in [-0.05, 0) is 42.0 Å². The fraction of sp³-hybridized carbons (Fsp3) is 0.310. The van der Waals surface area contributed by atoms with Crippen LogP contribution in [0.25, 0.3) is 5.69 Å². The van der Waals surface area contributed by atoms with E-state index < -0.39 is 0 Å². The molecule has 1 N–H and O–H groups in total. The Hall–Kier alpha value is -3.88. The third kappa shape index (κ3) is 6.67. The highest BCUT2D eigenvalue weighted by molar-refractivity contribution is 5.46. The zero-order chi connectivity index (χ0) is 25.3. The standard InChI is InChI=1S/C29H34N6O2/c36-29-34(24-31-35(29)17-15-30-16-22-37-28-9-5-2-6-10-28)27-13-11-25(12-14-27)23-32-18-20-33(21-19-32)26-7-3-1-4-8-26/h1-14,24,30H,15-23H2. The first kappa shape index (κ1) is 24.8. The molecule has 8 heteroatoms. The normalized spacial score (nSPS) is 14.1. The van der Waals surface area contributed by atoms with Crippen LogP contribution in [0.4, 0.5) is 5.69 Å². The number of nitrogens with one attached hydrogen (secondary N) is 1. The van der Waals surface area contributed by atoms with E-state index >= 15 is 0 Å². The van der Waals surface area contributed by atoms with Crippen molar-refractivity contribution >= 4 is 5.69 Å². The molecule has 0 aliphatic carbocycles. The number of nitrogens with zero attached hydrogens (tertiary/aromatic N) is 5. The fourth-order valence-corrected chi connectivity index (χ4v) is 4.56. The van der Waals surface area contributed by atoms with Crippen LogP contribution in [0.15, 0.2) is 96.1 Å². The molecule has 4 aromatic rings. The Kier molecular flexibility index (Phi) is 8.30. The Morgan fingerprint density at radius 2 is 1.49 bits per heavy atom.